The van der Waals surface area contributed by atoms with E-state index in [4.69, 9.17) is 23.2 Å². The van der Waals surface area contributed by atoms with Gasteiger partial charge in [-0.1, -0.05) is 29.3 Å². The molecule has 2 heterocycles. The van der Waals surface area contributed by atoms with Crippen molar-refractivity contribution < 1.29 is 0 Å². The van der Waals surface area contributed by atoms with Crippen LogP contribution in [0.4, 0.5) is 0 Å². The molecular formula is C11H9Cl2N3O. The predicted molar refractivity (Wildman–Crippen MR) is 66.6 cm³/mol. The molecule has 2 aromatic heterocycles. The smallest absolute Gasteiger partial charge is 0.274 e. The molecule has 0 aromatic carbocycles. The largest absolute Gasteiger partial charge is 0.292 e. The van der Waals surface area contributed by atoms with Crippen molar-refractivity contribution in [2.45, 2.75) is 13.5 Å². The van der Waals surface area contributed by atoms with E-state index in [-0.39, 0.29) is 15.7 Å². The Kier molecular flexibility index (Phi) is 3.45. The highest BCUT2D eigenvalue weighted by Gasteiger charge is 2.08. The lowest BCUT2D eigenvalue weighted by atomic mass is 10.3. The number of rotatable bonds is 2. The number of aromatic nitrogens is 3. The summed E-state index contributed by atoms with van der Waals surface area (Å²) in [7, 11) is 0. The van der Waals surface area contributed by atoms with Crippen LogP contribution in [0.25, 0.3) is 0 Å². The zero-order valence-corrected chi connectivity index (χ0v) is 10.5. The lowest BCUT2D eigenvalue weighted by molar-refractivity contribution is 0.717. The second-order valence-corrected chi connectivity index (χ2v) is 4.29. The molecule has 0 spiro atoms. The Morgan fingerprint density at radius 3 is 2.82 bits per heavy atom. The average molecular weight is 270 g/mol. The molecule has 0 aliphatic heterocycles. The SMILES string of the molecule is Cc1cccc(Cn2cnc(Cl)c(Cl)c2=O)n1. The molecule has 4 nitrogen and oxygen atoms in total. The fourth-order valence-corrected chi connectivity index (χ4v) is 1.70. The van der Waals surface area contributed by atoms with E-state index in [1.165, 1.54) is 10.9 Å². The van der Waals surface area contributed by atoms with Gasteiger partial charge in [0.2, 0.25) is 0 Å². The number of hydrogen-bond acceptors (Lipinski definition) is 3. The summed E-state index contributed by atoms with van der Waals surface area (Å²) in [5, 5.41) is -0.0491. The van der Waals surface area contributed by atoms with E-state index in [1.807, 2.05) is 25.1 Å². The second kappa shape index (κ2) is 4.85. The summed E-state index contributed by atoms with van der Waals surface area (Å²) in [6.07, 6.45) is 1.36. The van der Waals surface area contributed by atoms with E-state index in [0.29, 0.717) is 6.54 Å². The van der Waals surface area contributed by atoms with Crippen molar-refractivity contribution in [1.82, 2.24) is 14.5 Å². The van der Waals surface area contributed by atoms with Gasteiger partial charge >= 0.3 is 0 Å². The topological polar surface area (TPSA) is 47.8 Å². The Bertz CT molecular complexity index is 610. The number of pyridine rings is 1. The molecule has 0 saturated heterocycles. The minimum Gasteiger partial charge on any atom is -0.292 e. The predicted octanol–water partition coefficient (Wildman–Crippen LogP) is 2.30. The fourth-order valence-electron chi connectivity index (χ4n) is 1.42. The highest BCUT2D eigenvalue weighted by Crippen LogP contribution is 2.12. The van der Waals surface area contributed by atoms with Crippen LogP contribution in [0.5, 0.6) is 0 Å². The number of hydrogen-bond donors (Lipinski definition) is 0. The Balaban J connectivity index is 2.37. The molecule has 0 radical (unpaired) electrons. The minimum absolute atomic E-state index is 0.0186. The first kappa shape index (κ1) is 12.1. The van der Waals surface area contributed by atoms with E-state index in [2.05, 4.69) is 9.97 Å². The van der Waals surface area contributed by atoms with Gasteiger partial charge in [0.05, 0.1) is 18.6 Å². The van der Waals surface area contributed by atoms with Crippen molar-refractivity contribution >= 4 is 23.2 Å². The second-order valence-electron chi connectivity index (χ2n) is 3.55. The first-order chi connectivity index (χ1) is 8.08. The summed E-state index contributed by atoms with van der Waals surface area (Å²) in [5.41, 5.74) is 1.30. The summed E-state index contributed by atoms with van der Waals surface area (Å²) >= 11 is 11.4. The number of aryl methyl sites for hydroxylation is 1. The molecule has 0 aliphatic carbocycles. The first-order valence-corrected chi connectivity index (χ1v) is 5.66. The highest BCUT2D eigenvalue weighted by molar-refractivity contribution is 6.40. The Morgan fingerprint density at radius 2 is 2.12 bits per heavy atom. The Labute approximate surface area is 108 Å². The van der Waals surface area contributed by atoms with Gasteiger partial charge in [-0.05, 0) is 19.1 Å². The standard InChI is InChI=1S/C11H9Cl2N3O/c1-7-3-2-4-8(15-7)5-16-6-14-10(13)9(12)11(16)17/h2-4,6H,5H2,1H3. The van der Waals surface area contributed by atoms with E-state index in [1.54, 1.807) is 0 Å². The molecule has 0 N–H and O–H groups in total. The number of halogens is 2. The van der Waals surface area contributed by atoms with Crippen LogP contribution in [0.3, 0.4) is 0 Å². The van der Waals surface area contributed by atoms with Crippen LogP contribution in [0.15, 0.2) is 29.3 Å². The zero-order chi connectivity index (χ0) is 12.4. The van der Waals surface area contributed by atoms with Gasteiger partial charge in [-0.25, -0.2) is 4.98 Å². The van der Waals surface area contributed by atoms with E-state index in [0.717, 1.165) is 11.4 Å². The molecule has 6 heteroatoms. The third-order valence-electron chi connectivity index (χ3n) is 2.22. The lowest BCUT2D eigenvalue weighted by Crippen LogP contribution is -2.22. The fraction of sp³-hybridized carbons (Fsp3) is 0.182. The highest BCUT2D eigenvalue weighted by atomic mass is 35.5. The van der Waals surface area contributed by atoms with Crippen molar-refractivity contribution in [2.24, 2.45) is 0 Å². The van der Waals surface area contributed by atoms with Gasteiger partial charge in [-0.15, -0.1) is 0 Å². The van der Waals surface area contributed by atoms with Crippen LogP contribution in [0.2, 0.25) is 10.2 Å². The quantitative estimate of drug-likeness (QED) is 0.787. The summed E-state index contributed by atoms with van der Waals surface area (Å²) in [6.45, 7) is 2.21. The van der Waals surface area contributed by atoms with E-state index < -0.39 is 0 Å². The maximum absolute atomic E-state index is 11.8. The summed E-state index contributed by atoms with van der Waals surface area (Å²) in [4.78, 5) is 19.9. The molecule has 0 fully saturated rings. The summed E-state index contributed by atoms with van der Waals surface area (Å²) in [5.74, 6) is 0. The molecule has 2 aromatic rings. The van der Waals surface area contributed by atoms with Gasteiger partial charge in [-0.3, -0.25) is 14.3 Å². The molecule has 0 atom stereocenters. The van der Waals surface area contributed by atoms with Crippen LogP contribution in [0, 0.1) is 6.92 Å². The molecule has 0 aliphatic rings. The Hall–Kier alpha value is -1.39. The Morgan fingerprint density at radius 1 is 1.35 bits per heavy atom. The van der Waals surface area contributed by atoms with Crippen molar-refractivity contribution in [3.8, 4) is 0 Å². The van der Waals surface area contributed by atoms with Gasteiger partial charge in [-0.2, -0.15) is 0 Å². The van der Waals surface area contributed by atoms with Gasteiger partial charge in [0.25, 0.3) is 5.56 Å². The van der Waals surface area contributed by atoms with Gasteiger partial charge in [0.1, 0.15) is 5.02 Å². The van der Waals surface area contributed by atoms with Crippen LogP contribution >= 0.6 is 23.2 Å². The molecule has 0 unspecified atom stereocenters. The molecular weight excluding hydrogens is 261 g/mol. The number of nitrogens with zero attached hydrogens (tertiary/aromatic N) is 3. The third kappa shape index (κ3) is 2.65. The van der Waals surface area contributed by atoms with Gasteiger partial charge in [0, 0.05) is 5.69 Å². The van der Waals surface area contributed by atoms with Crippen LogP contribution in [-0.4, -0.2) is 14.5 Å². The maximum Gasteiger partial charge on any atom is 0.274 e. The van der Waals surface area contributed by atoms with Crippen molar-refractivity contribution in [3.63, 3.8) is 0 Å². The van der Waals surface area contributed by atoms with Crippen molar-refractivity contribution in [3.05, 3.63) is 56.4 Å². The lowest BCUT2D eigenvalue weighted by Gasteiger charge is -2.06. The van der Waals surface area contributed by atoms with Crippen LogP contribution < -0.4 is 5.56 Å². The molecule has 2 rings (SSSR count). The van der Waals surface area contributed by atoms with Crippen molar-refractivity contribution in [2.75, 3.05) is 0 Å². The van der Waals surface area contributed by atoms with Crippen molar-refractivity contribution in [1.29, 1.82) is 0 Å². The summed E-state index contributed by atoms with van der Waals surface area (Å²) < 4.78 is 1.37. The van der Waals surface area contributed by atoms with Crippen LogP contribution in [-0.2, 0) is 6.54 Å². The normalized spacial score (nSPS) is 10.5. The molecule has 0 amide bonds. The average Bonchev–Trinajstić information content (AvgIpc) is 2.30. The first-order valence-electron chi connectivity index (χ1n) is 4.91. The molecule has 88 valence electrons. The summed E-state index contributed by atoms with van der Waals surface area (Å²) in [6, 6.07) is 5.61. The van der Waals surface area contributed by atoms with Gasteiger partial charge < -0.3 is 0 Å². The monoisotopic (exact) mass is 269 g/mol. The maximum atomic E-state index is 11.8. The molecule has 17 heavy (non-hydrogen) atoms. The third-order valence-corrected chi connectivity index (χ3v) is 2.94. The molecule has 0 saturated carbocycles. The van der Waals surface area contributed by atoms with Crippen LogP contribution in [0.1, 0.15) is 11.4 Å². The van der Waals surface area contributed by atoms with E-state index in [9.17, 15) is 4.79 Å². The van der Waals surface area contributed by atoms with Gasteiger partial charge in [0.15, 0.2) is 5.15 Å². The molecule has 0 bridgehead atoms. The van der Waals surface area contributed by atoms with E-state index >= 15 is 0 Å². The zero-order valence-electron chi connectivity index (χ0n) is 9.02. The minimum atomic E-state index is -0.366.